The van der Waals surface area contributed by atoms with Crippen LogP contribution in [0.25, 0.3) is 0 Å². The van der Waals surface area contributed by atoms with E-state index in [0.29, 0.717) is 18.3 Å². The minimum Gasteiger partial charge on any atom is -0.489 e. The van der Waals surface area contributed by atoms with Gasteiger partial charge in [0.25, 0.3) is 5.91 Å². The second kappa shape index (κ2) is 9.02. The topological polar surface area (TPSA) is 48.0 Å². The predicted octanol–water partition coefficient (Wildman–Crippen LogP) is 5.15. The summed E-state index contributed by atoms with van der Waals surface area (Å²) in [4.78, 5) is 15.7. The van der Waals surface area contributed by atoms with E-state index in [9.17, 15) is 4.79 Å². The zero-order valence-corrected chi connectivity index (χ0v) is 18.1. The van der Waals surface area contributed by atoms with E-state index < -0.39 is 0 Å². The summed E-state index contributed by atoms with van der Waals surface area (Å²) in [6, 6.07) is 18.1. The smallest absolute Gasteiger partial charge is 0.263 e. The number of likely N-dealkylation sites (tertiary alicyclic amines) is 1. The molecule has 0 bridgehead atoms. The maximum Gasteiger partial charge on any atom is 0.263 e. The van der Waals surface area contributed by atoms with Crippen molar-refractivity contribution in [3.8, 4) is 17.2 Å². The van der Waals surface area contributed by atoms with E-state index in [1.54, 1.807) is 0 Å². The van der Waals surface area contributed by atoms with Crippen LogP contribution in [0.2, 0.25) is 0 Å². The monoisotopic (exact) mass is 435 g/mol. The van der Waals surface area contributed by atoms with Gasteiger partial charge in [0.15, 0.2) is 11.5 Å². The molecule has 6 heteroatoms. The summed E-state index contributed by atoms with van der Waals surface area (Å²) in [6.07, 6.45) is 3.22. The Labute approximate surface area is 186 Å². The SMILES string of the molecule is O=C(c1cc(COc2ccc3c(c2)OCO3)cs1)N1CCC(Cc2ccccc2)CC1. The van der Waals surface area contributed by atoms with Crippen molar-refractivity contribution < 1.29 is 19.0 Å². The molecule has 3 heterocycles. The summed E-state index contributed by atoms with van der Waals surface area (Å²) < 4.78 is 16.6. The number of nitrogens with zero attached hydrogens (tertiary/aromatic N) is 1. The standard InChI is InChI=1S/C25H25NO4S/c27-25(26-10-8-19(9-11-26)12-18-4-2-1-3-5-18)24-13-20(16-31-24)15-28-21-6-7-22-23(14-21)30-17-29-22/h1-7,13-14,16,19H,8-12,15,17H2. The number of rotatable bonds is 6. The van der Waals surface area contributed by atoms with E-state index in [4.69, 9.17) is 14.2 Å². The number of fused-ring (bicyclic) bond motifs is 1. The minimum absolute atomic E-state index is 0.137. The molecule has 1 aromatic heterocycles. The Bertz CT molecular complexity index is 1040. The van der Waals surface area contributed by atoms with Crippen LogP contribution >= 0.6 is 11.3 Å². The molecule has 5 nitrogen and oxygen atoms in total. The fourth-order valence-electron chi connectivity index (χ4n) is 4.14. The van der Waals surface area contributed by atoms with Gasteiger partial charge >= 0.3 is 0 Å². The molecule has 31 heavy (non-hydrogen) atoms. The zero-order valence-electron chi connectivity index (χ0n) is 17.3. The van der Waals surface area contributed by atoms with Crippen molar-refractivity contribution in [1.29, 1.82) is 0 Å². The second-order valence-electron chi connectivity index (χ2n) is 8.05. The number of hydrogen-bond donors (Lipinski definition) is 0. The molecule has 0 spiro atoms. The number of thiophene rings is 1. The summed E-state index contributed by atoms with van der Waals surface area (Å²) in [6.45, 7) is 2.33. The molecule has 1 amide bonds. The Balaban J connectivity index is 1.12. The van der Waals surface area contributed by atoms with E-state index in [2.05, 4.69) is 30.3 Å². The van der Waals surface area contributed by atoms with Crippen LogP contribution < -0.4 is 14.2 Å². The number of carbonyl (C=O) groups excluding carboxylic acids is 1. The lowest BCUT2D eigenvalue weighted by Crippen LogP contribution is -2.38. The van der Waals surface area contributed by atoms with Gasteiger partial charge < -0.3 is 19.1 Å². The average Bonchev–Trinajstić information content (AvgIpc) is 3.48. The molecule has 3 aromatic rings. The van der Waals surface area contributed by atoms with Crippen molar-refractivity contribution in [3.05, 3.63) is 76.0 Å². The molecule has 0 N–H and O–H groups in total. The molecule has 0 unspecified atom stereocenters. The Morgan fingerprint density at radius 2 is 1.81 bits per heavy atom. The van der Waals surface area contributed by atoms with Crippen molar-refractivity contribution in [1.82, 2.24) is 4.90 Å². The number of hydrogen-bond acceptors (Lipinski definition) is 5. The predicted molar refractivity (Wildman–Crippen MR) is 120 cm³/mol. The third kappa shape index (κ3) is 4.69. The molecular formula is C25H25NO4S. The maximum atomic E-state index is 12.9. The van der Waals surface area contributed by atoms with Gasteiger partial charge in [-0.1, -0.05) is 30.3 Å². The van der Waals surface area contributed by atoms with Gasteiger partial charge in [0.2, 0.25) is 6.79 Å². The van der Waals surface area contributed by atoms with Crippen LogP contribution in [-0.4, -0.2) is 30.7 Å². The third-order valence-corrected chi connectivity index (χ3v) is 6.85. The van der Waals surface area contributed by atoms with Gasteiger partial charge in [-0.3, -0.25) is 4.79 Å². The van der Waals surface area contributed by atoms with Crippen LogP contribution in [0.4, 0.5) is 0 Å². The second-order valence-corrected chi connectivity index (χ2v) is 8.96. The van der Waals surface area contributed by atoms with Crippen molar-refractivity contribution in [3.63, 3.8) is 0 Å². The third-order valence-electron chi connectivity index (χ3n) is 5.88. The lowest BCUT2D eigenvalue weighted by molar-refractivity contribution is 0.0695. The van der Waals surface area contributed by atoms with Crippen LogP contribution in [0.15, 0.2) is 60.0 Å². The Morgan fingerprint density at radius 1 is 1.00 bits per heavy atom. The van der Waals surface area contributed by atoms with Gasteiger partial charge in [-0.05, 0) is 54.3 Å². The Morgan fingerprint density at radius 3 is 2.65 bits per heavy atom. The molecule has 0 atom stereocenters. The van der Waals surface area contributed by atoms with Gasteiger partial charge in [0.05, 0.1) is 4.88 Å². The Kier molecular flexibility index (Phi) is 5.80. The van der Waals surface area contributed by atoms with Gasteiger partial charge in [0, 0.05) is 24.7 Å². The first kappa shape index (κ1) is 19.9. The molecule has 0 saturated carbocycles. The molecule has 0 radical (unpaired) electrons. The van der Waals surface area contributed by atoms with Gasteiger partial charge in [-0.15, -0.1) is 11.3 Å². The minimum atomic E-state index is 0.137. The maximum absolute atomic E-state index is 12.9. The highest BCUT2D eigenvalue weighted by atomic mass is 32.1. The van der Waals surface area contributed by atoms with E-state index >= 15 is 0 Å². The van der Waals surface area contributed by atoms with E-state index in [-0.39, 0.29) is 12.7 Å². The molecule has 2 aliphatic rings. The van der Waals surface area contributed by atoms with Crippen molar-refractivity contribution in [2.24, 2.45) is 5.92 Å². The van der Waals surface area contributed by atoms with Crippen molar-refractivity contribution in [2.45, 2.75) is 25.9 Å². The molecule has 1 fully saturated rings. The van der Waals surface area contributed by atoms with Crippen LogP contribution in [0.5, 0.6) is 17.2 Å². The van der Waals surface area contributed by atoms with Gasteiger partial charge in [0.1, 0.15) is 12.4 Å². The van der Waals surface area contributed by atoms with Gasteiger partial charge in [-0.2, -0.15) is 0 Å². The number of carbonyl (C=O) groups is 1. The number of amides is 1. The fourth-order valence-corrected chi connectivity index (χ4v) is 5.00. The molecule has 1 saturated heterocycles. The molecule has 2 aromatic carbocycles. The molecular weight excluding hydrogens is 410 g/mol. The first-order valence-electron chi connectivity index (χ1n) is 10.7. The molecule has 160 valence electrons. The van der Waals surface area contributed by atoms with E-state index in [0.717, 1.165) is 54.3 Å². The van der Waals surface area contributed by atoms with Crippen LogP contribution in [0, 0.1) is 5.92 Å². The molecule has 0 aliphatic carbocycles. The summed E-state index contributed by atoms with van der Waals surface area (Å²) in [5.74, 6) is 2.96. The highest BCUT2D eigenvalue weighted by molar-refractivity contribution is 7.12. The summed E-state index contributed by atoms with van der Waals surface area (Å²) in [5, 5.41) is 2.00. The zero-order chi connectivity index (χ0) is 21.0. The van der Waals surface area contributed by atoms with Crippen molar-refractivity contribution in [2.75, 3.05) is 19.9 Å². The highest BCUT2D eigenvalue weighted by Crippen LogP contribution is 2.35. The first-order chi connectivity index (χ1) is 15.2. The number of piperidine rings is 1. The lowest BCUT2D eigenvalue weighted by atomic mass is 9.90. The van der Waals surface area contributed by atoms with Crippen molar-refractivity contribution >= 4 is 17.2 Å². The number of benzene rings is 2. The summed E-state index contributed by atoms with van der Waals surface area (Å²) >= 11 is 1.49. The largest absolute Gasteiger partial charge is 0.489 e. The quantitative estimate of drug-likeness (QED) is 0.537. The number of ether oxygens (including phenoxy) is 3. The molecule has 5 rings (SSSR count). The van der Waals surface area contributed by atoms with Gasteiger partial charge in [-0.25, -0.2) is 0 Å². The van der Waals surface area contributed by atoms with Crippen LogP contribution in [-0.2, 0) is 13.0 Å². The lowest BCUT2D eigenvalue weighted by Gasteiger charge is -2.31. The first-order valence-corrected chi connectivity index (χ1v) is 11.6. The normalized spacial score (nSPS) is 15.8. The van der Waals surface area contributed by atoms with Crippen LogP contribution in [0.3, 0.4) is 0 Å². The van der Waals surface area contributed by atoms with E-state index in [1.165, 1.54) is 16.9 Å². The van der Waals surface area contributed by atoms with E-state index in [1.807, 2.05) is 34.5 Å². The van der Waals surface area contributed by atoms with Crippen LogP contribution in [0.1, 0.15) is 33.6 Å². The average molecular weight is 436 g/mol. The highest BCUT2D eigenvalue weighted by Gasteiger charge is 2.24. The summed E-state index contributed by atoms with van der Waals surface area (Å²) in [5.41, 5.74) is 2.39. The molecule has 2 aliphatic heterocycles. The fraction of sp³-hybridized carbons (Fsp3) is 0.320. The summed E-state index contributed by atoms with van der Waals surface area (Å²) in [7, 11) is 0. The Hall–Kier alpha value is -2.99.